The van der Waals surface area contributed by atoms with Crippen LogP contribution in [-0.4, -0.2) is 31.2 Å². The van der Waals surface area contributed by atoms with E-state index in [1.54, 1.807) is 12.1 Å². The Bertz CT molecular complexity index is 551. The molecule has 0 heterocycles. The number of rotatable bonds is 7. The molecule has 1 N–H and O–H groups in total. The third-order valence-electron chi connectivity index (χ3n) is 2.73. The first-order chi connectivity index (χ1) is 9.33. The SMILES string of the molecule is O=CCCOCCOc1ccc(O)c2ccccc12. The van der Waals surface area contributed by atoms with Gasteiger partial charge in [-0.2, -0.15) is 0 Å². The Balaban J connectivity index is 1.97. The molecule has 0 aliphatic carbocycles. The third-order valence-corrected chi connectivity index (χ3v) is 2.73. The van der Waals surface area contributed by atoms with Crippen LogP contribution in [0.15, 0.2) is 36.4 Å². The molecule has 0 aliphatic heterocycles. The number of fused-ring (bicyclic) bond motifs is 1. The molecule has 100 valence electrons. The van der Waals surface area contributed by atoms with E-state index in [1.165, 1.54) is 0 Å². The van der Waals surface area contributed by atoms with Crippen LogP contribution in [0.5, 0.6) is 11.5 Å². The van der Waals surface area contributed by atoms with Gasteiger partial charge >= 0.3 is 0 Å². The highest BCUT2D eigenvalue weighted by atomic mass is 16.5. The predicted molar refractivity (Wildman–Crippen MR) is 72.6 cm³/mol. The molecule has 0 saturated heterocycles. The summed E-state index contributed by atoms with van der Waals surface area (Å²) in [7, 11) is 0. The normalized spacial score (nSPS) is 10.5. The maximum atomic E-state index is 10.1. The van der Waals surface area contributed by atoms with E-state index in [0.717, 1.165) is 17.1 Å². The lowest BCUT2D eigenvalue weighted by atomic mass is 10.1. The van der Waals surface area contributed by atoms with Crippen molar-refractivity contribution in [2.24, 2.45) is 0 Å². The molecule has 0 atom stereocenters. The first kappa shape index (κ1) is 13.4. The molecule has 2 rings (SSSR count). The maximum absolute atomic E-state index is 10.1. The summed E-state index contributed by atoms with van der Waals surface area (Å²) in [5, 5.41) is 11.4. The first-order valence-electron chi connectivity index (χ1n) is 6.18. The molecule has 0 saturated carbocycles. The van der Waals surface area contributed by atoms with Gasteiger partial charge in [0.05, 0.1) is 13.2 Å². The number of phenols is 1. The molecule has 0 bridgehead atoms. The summed E-state index contributed by atoms with van der Waals surface area (Å²) in [5.74, 6) is 0.956. The Kier molecular flexibility index (Phi) is 4.75. The van der Waals surface area contributed by atoms with E-state index in [-0.39, 0.29) is 5.75 Å². The van der Waals surface area contributed by atoms with Gasteiger partial charge in [0.25, 0.3) is 0 Å². The number of benzene rings is 2. The van der Waals surface area contributed by atoms with Crippen LogP contribution in [0.1, 0.15) is 6.42 Å². The van der Waals surface area contributed by atoms with Crippen LogP contribution in [0.2, 0.25) is 0 Å². The third kappa shape index (κ3) is 3.45. The van der Waals surface area contributed by atoms with E-state index in [2.05, 4.69) is 0 Å². The zero-order valence-electron chi connectivity index (χ0n) is 10.5. The van der Waals surface area contributed by atoms with Gasteiger partial charge in [-0.15, -0.1) is 0 Å². The van der Waals surface area contributed by atoms with Crippen LogP contribution in [0, 0.1) is 0 Å². The van der Waals surface area contributed by atoms with Gasteiger partial charge in [-0.1, -0.05) is 24.3 Å². The van der Waals surface area contributed by atoms with E-state index in [0.29, 0.717) is 32.0 Å². The molecule has 2 aromatic carbocycles. The molecule has 2 aromatic rings. The zero-order valence-corrected chi connectivity index (χ0v) is 10.5. The number of ether oxygens (including phenoxy) is 2. The molecule has 0 aromatic heterocycles. The summed E-state index contributed by atoms with van der Waals surface area (Å²) in [6.45, 7) is 1.26. The minimum atomic E-state index is 0.241. The van der Waals surface area contributed by atoms with E-state index in [1.807, 2.05) is 24.3 Å². The molecular formula is C15H16O4. The van der Waals surface area contributed by atoms with Crippen molar-refractivity contribution in [3.05, 3.63) is 36.4 Å². The monoisotopic (exact) mass is 260 g/mol. The van der Waals surface area contributed by atoms with Crippen molar-refractivity contribution in [3.63, 3.8) is 0 Å². The number of hydrogen-bond donors (Lipinski definition) is 1. The van der Waals surface area contributed by atoms with Crippen molar-refractivity contribution >= 4 is 17.1 Å². The van der Waals surface area contributed by atoms with E-state index >= 15 is 0 Å². The van der Waals surface area contributed by atoms with Gasteiger partial charge in [0, 0.05) is 17.2 Å². The minimum Gasteiger partial charge on any atom is -0.507 e. The van der Waals surface area contributed by atoms with Crippen LogP contribution in [0.25, 0.3) is 10.8 Å². The smallest absolute Gasteiger partial charge is 0.127 e. The van der Waals surface area contributed by atoms with Gasteiger partial charge in [0.1, 0.15) is 24.4 Å². The van der Waals surface area contributed by atoms with Gasteiger partial charge in [-0.25, -0.2) is 0 Å². The average Bonchev–Trinajstić information content (AvgIpc) is 2.45. The Labute approximate surface area is 111 Å². The number of aromatic hydroxyl groups is 1. The topological polar surface area (TPSA) is 55.8 Å². The maximum Gasteiger partial charge on any atom is 0.127 e. The molecule has 0 aliphatic rings. The summed E-state index contributed by atoms with van der Waals surface area (Å²) >= 11 is 0. The molecule has 0 radical (unpaired) electrons. The summed E-state index contributed by atoms with van der Waals surface area (Å²) in [5.41, 5.74) is 0. The van der Waals surface area contributed by atoms with Crippen molar-refractivity contribution in [2.45, 2.75) is 6.42 Å². The zero-order chi connectivity index (χ0) is 13.5. The number of carbonyl (C=O) groups is 1. The number of aldehydes is 1. The second-order valence-corrected chi connectivity index (χ2v) is 4.04. The van der Waals surface area contributed by atoms with Crippen molar-refractivity contribution in [3.8, 4) is 11.5 Å². The summed E-state index contributed by atoms with van der Waals surface area (Å²) < 4.78 is 10.9. The fraction of sp³-hybridized carbons (Fsp3) is 0.267. The Morgan fingerprint density at radius 2 is 1.79 bits per heavy atom. The lowest BCUT2D eigenvalue weighted by Crippen LogP contribution is -2.07. The van der Waals surface area contributed by atoms with Crippen LogP contribution in [0.4, 0.5) is 0 Å². The van der Waals surface area contributed by atoms with E-state index in [4.69, 9.17) is 9.47 Å². The number of carbonyl (C=O) groups excluding carboxylic acids is 1. The Hall–Kier alpha value is -2.07. The molecule has 0 fully saturated rings. The van der Waals surface area contributed by atoms with Crippen molar-refractivity contribution < 1.29 is 19.4 Å². The summed E-state index contributed by atoms with van der Waals surface area (Å²) in [6.07, 6.45) is 1.23. The second kappa shape index (κ2) is 6.75. The van der Waals surface area contributed by atoms with Crippen molar-refractivity contribution in [1.29, 1.82) is 0 Å². The number of hydrogen-bond acceptors (Lipinski definition) is 4. The molecular weight excluding hydrogens is 244 g/mol. The predicted octanol–water partition coefficient (Wildman–Crippen LogP) is 2.53. The lowest BCUT2D eigenvalue weighted by Gasteiger charge is -2.10. The molecule has 0 unspecified atom stereocenters. The molecule has 4 nitrogen and oxygen atoms in total. The fourth-order valence-electron chi connectivity index (χ4n) is 1.83. The van der Waals surface area contributed by atoms with Crippen LogP contribution < -0.4 is 4.74 Å². The highest BCUT2D eigenvalue weighted by Crippen LogP contribution is 2.31. The molecule has 4 heteroatoms. The Morgan fingerprint density at radius 1 is 1.00 bits per heavy atom. The summed E-state index contributed by atoms with van der Waals surface area (Å²) in [6, 6.07) is 10.9. The van der Waals surface area contributed by atoms with Crippen molar-refractivity contribution in [2.75, 3.05) is 19.8 Å². The first-order valence-corrected chi connectivity index (χ1v) is 6.18. The highest BCUT2D eigenvalue weighted by molar-refractivity contribution is 5.92. The number of phenolic OH excluding ortho intramolecular Hbond substituents is 1. The van der Waals surface area contributed by atoms with Crippen molar-refractivity contribution in [1.82, 2.24) is 0 Å². The van der Waals surface area contributed by atoms with Crippen LogP contribution in [0.3, 0.4) is 0 Å². The van der Waals surface area contributed by atoms with Gasteiger partial charge in [0.2, 0.25) is 0 Å². The van der Waals surface area contributed by atoms with Gasteiger partial charge in [0.15, 0.2) is 0 Å². The molecule has 0 spiro atoms. The molecule has 19 heavy (non-hydrogen) atoms. The van der Waals surface area contributed by atoms with Gasteiger partial charge in [-0.05, 0) is 12.1 Å². The largest absolute Gasteiger partial charge is 0.507 e. The average molecular weight is 260 g/mol. The Morgan fingerprint density at radius 3 is 2.58 bits per heavy atom. The highest BCUT2D eigenvalue weighted by Gasteiger charge is 2.05. The standard InChI is InChI=1S/C15H16O4/c16-8-3-9-18-10-11-19-15-7-6-14(17)12-4-1-2-5-13(12)15/h1-2,4-8,17H,3,9-11H2. The van der Waals surface area contributed by atoms with Crippen LogP contribution in [-0.2, 0) is 9.53 Å². The fourth-order valence-corrected chi connectivity index (χ4v) is 1.83. The summed E-state index contributed by atoms with van der Waals surface area (Å²) in [4.78, 5) is 10.1. The van der Waals surface area contributed by atoms with E-state index < -0.39 is 0 Å². The van der Waals surface area contributed by atoms with Gasteiger partial charge in [-0.3, -0.25) is 0 Å². The molecule has 0 amide bonds. The quantitative estimate of drug-likeness (QED) is 0.614. The minimum absolute atomic E-state index is 0.241. The second-order valence-electron chi connectivity index (χ2n) is 4.04. The lowest BCUT2D eigenvalue weighted by molar-refractivity contribution is -0.108. The van der Waals surface area contributed by atoms with E-state index in [9.17, 15) is 9.90 Å². The van der Waals surface area contributed by atoms with Gasteiger partial charge < -0.3 is 19.4 Å². The van der Waals surface area contributed by atoms with Crippen LogP contribution >= 0.6 is 0 Å².